The molecule has 0 aliphatic rings. The molecule has 1 unspecified atom stereocenters. The molecule has 0 aliphatic heterocycles. The van der Waals surface area contributed by atoms with Crippen LogP contribution in [-0.4, -0.2) is 29.5 Å². The van der Waals surface area contributed by atoms with Gasteiger partial charge in [0.15, 0.2) is 5.75 Å². The molecule has 4 nitrogen and oxygen atoms in total. The van der Waals surface area contributed by atoms with E-state index in [1.54, 1.807) is 0 Å². The lowest BCUT2D eigenvalue weighted by Gasteiger charge is -2.17. The lowest BCUT2D eigenvalue weighted by atomic mass is 10.2. The van der Waals surface area contributed by atoms with Crippen LogP contribution in [0.5, 0.6) is 5.75 Å². The molecule has 0 amide bonds. The Hall–Kier alpha value is -1.03. The van der Waals surface area contributed by atoms with Gasteiger partial charge in [-0.2, -0.15) is 5.10 Å². The maximum atomic E-state index is 5.94. The Labute approximate surface area is 91.6 Å². The highest BCUT2D eigenvalue weighted by molar-refractivity contribution is 5.31. The second-order valence-corrected chi connectivity index (χ2v) is 3.83. The van der Waals surface area contributed by atoms with Crippen LogP contribution in [0.15, 0.2) is 0 Å². The molecule has 1 heterocycles. The van der Waals surface area contributed by atoms with Crippen LogP contribution in [0.2, 0.25) is 0 Å². The summed E-state index contributed by atoms with van der Waals surface area (Å²) < 4.78 is 7.80. The number of hydrogen-bond donors (Lipinski definition) is 1. The standard InChI is InChI=1S/C11H21N3O/c1-6-10(7-12-4)15-11-8(2)13-14(5)9(11)3/h10,12H,6-7H2,1-5H3. The van der Waals surface area contributed by atoms with Gasteiger partial charge in [0.25, 0.3) is 0 Å². The van der Waals surface area contributed by atoms with Gasteiger partial charge in [-0.25, -0.2) is 0 Å². The van der Waals surface area contributed by atoms with Gasteiger partial charge in [0.05, 0.1) is 5.69 Å². The van der Waals surface area contributed by atoms with Crippen molar-refractivity contribution in [1.82, 2.24) is 15.1 Å². The van der Waals surface area contributed by atoms with Crippen LogP contribution in [0.1, 0.15) is 24.7 Å². The van der Waals surface area contributed by atoms with Crippen molar-refractivity contribution in [2.24, 2.45) is 7.05 Å². The van der Waals surface area contributed by atoms with Crippen LogP contribution in [0.25, 0.3) is 0 Å². The fourth-order valence-electron chi connectivity index (χ4n) is 1.59. The highest BCUT2D eigenvalue weighted by Gasteiger charge is 2.14. The van der Waals surface area contributed by atoms with Crippen molar-refractivity contribution in [3.05, 3.63) is 11.4 Å². The number of hydrogen-bond acceptors (Lipinski definition) is 3. The summed E-state index contributed by atoms with van der Waals surface area (Å²) in [6, 6.07) is 0. The minimum Gasteiger partial charge on any atom is -0.485 e. The summed E-state index contributed by atoms with van der Waals surface area (Å²) >= 11 is 0. The third-order valence-electron chi connectivity index (χ3n) is 2.61. The smallest absolute Gasteiger partial charge is 0.163 e. The third kappa shape index (κ3) is 2.72. The molecule has 0 fully saturated rings. The minimum absolute atomic E-state index is 0.219. The SMILES string of the molecule is CCC(CNC)Oc1c(C)nn(C)c1C. The van der Waals surface area contributed by atoms with Crippen LogP contribution in [-0.2, 0) is 7.05 Å². The van der Waals surface area contributed by atoms with Crippen molar-refractivity contribution in [3.63, 3.8) is 0 Å². The van der Waals surface area contributed by atoms with E-state index in [1.165, 1.54) is 0 Å². The lowest BCUT2D eigenvalue weighted by Crippen LogP contribution is -2.28. The quantitative estimate of drug-likeness (QED) is 0.800. The Morgan fingerprint density at radius 1 is 1.47 bits per heavy atom. The van der Waals surface area contributed by atoms with Crippen molar-refractivity contribution in [1.29, 1.82) is 0 Å². The topological polar surface area (TPSA) is 39.1 Å². The van der Waals surface area contributed by atoms with Crippen molar-refractivity contribution in [2.45, 2.75) is 33.3 Å². The maximum absolute atomic E-state index is 5.94. The zero-order chi connectivity index (χ0) is 11.4. The zero-order valence-electron chi connectivity index (χ0n) is 10.3. The molecule has 0 aliphatic carbocycles. The van der Waals surface area contributed by atoms with Crippen LogP contribution >= 0.6 is 0 Å². The van der Waals surface area contributed by atoms with Gasteiger partial charge < -0.3 is 10.1 Å². The van der Waals surface area contributed by atoms with Gasteiger partial charge in [0.1, 0.15) is 11.8 Å². The number of ether oxygens (including phenoxy) is 1. The molecule has 0 saturated heterocycles. The summed E-state index contributed by atoms with van der Waals surface area (Å²) in [7, 11) is 3.88. The normalized spacial score (nSPS) is 12.9. The summed E-state index contributed by atoms with van der Waals surface area (Å²) in [5, 5.41) is 7.46. The first kappa shape index (κ1) is 12.0. The molecule has 4 heteroatoms. The summed E-state index contributed by atoms with van der Waals surface area (Å²) in [5.74, 6) is 0.930. The first-order valence-corrected chi connectivity index (χ1v) is 5.41. The number of aryl methyl sites for hydroxylation is 2. The van der Waals surface area contributed by atoms with Gasteiger partial charge in [0.2, 0.25) is 0 Å². The molecule has 0 radical (unpaired) electrons. The summed E-state index contributed by atoms with van der Waals surface area (Å²) in [4.78, 5) is 0. The number of nitrogens with zero attached hydrogens (tertiary/aromatic N) is 2. The van der Waals surface area contributed by atoms with Gasteiger partial charge in [0, 0.05) is 13.6 Å². The number of nitrogens with one attached hydrogen (secondary N) is 1. The molecular weight excluding hydrogens is 190 g/mol. The second-order valence-electron chi connectivity index (χ2n) is 3.83. The fourth-order valence-corrected chi connectivity index (χ4v) is 1.59. The number of rotatable bonds is 5. The predicted octanol–water partition coefficient (Wildman–Crippen LogP) is 1.41. The van der Waals surface area contributed by atoms with E-state index in [-0.39, 0.29) is 6.10 Å². The van der Waals surface area contributed by atoms with E-state index in [0.717, 1.165) is 30.1 Å². The Kier molecular flexibility index (Phi) is 4.15. The Morgan fingerprint density at radius 2 is 2.13 bits per heavy atom. The summed E-state index contributed by atoms with van der Waals surface area (Å²) in [6.07, 6.45) is 1.21. The van der Waals surface area contributed by atoms with E-state index in [1.807, 2.05) is 32.6 Å². The molecule has 0 spiro atoms. The molecule has 1 N–H and O–H groups in total. The first-order valence-electron chi connectivity index (χ1n) is 5.41. The average molecular weight is 211 g/mol. The van der Waals surface area contributed by atoms with Crippen molar-refractivity contribution < 1.29 is 4.74 Å². The number of likely N-dealkylation sites (N-methyl/N-ethyl adjacent to an activating group) is 1. The molecule has 1 aromatic heterocycles. The largest absolute Gasteiger partial charge is 0.485 e. The summed E-state index contributed by atoms with van der Waals surface area (Å²) in [5.41, 5.74) is 2.05. The zero-order valence-corrected chi connectivity index (χ0v) is 10.3. The molecule has 1 rings (SSSR count). The molecule has 1 aromatic rings. The van der Waals surface area contributed by atoms with Gasteiger partial charge in [-0.1, -0.05) is 6.92 Å². The fraction of sp³-hybridized carbons (Fsp3) is 0.727. The highest BCUT2D eigenvalue weighted by Crippen LogP contribution is 2.23. The van der Waals surface area contributed by atoms with Gasteiger partial charge in [-0.3, -0.25) is 4.68 Å². The van der Waals surface area contributed by atoms with Crippen LogP contribution in [0.3, 0.4) is 0 Å². The second kappa shape index (κ2) is 5.16. The van der Waals surface area contributed by atoms with E-state index >= 15 is 0 Å². The van der Waals surface area contributed by atoms with Gasteiger partial charge in [-0.15, -0.1) is 0 Å². The van der Waals surface area contributed by atoms with Crippen molar-refractivity contribution >= 4 is 0 Å². The molecule has 1 atom stereocenters. The minimum atomic E-state index is 0.219. The molecular formula is C11H21N3O. The van der Waals surface area contributed by atoms with Gasteiger partial charge in [-0.05, 0) is 27.3 Å². The van der Waals surface area contributed by atoms with E-state index in [4.69, 9.17) is 4.74 Å². The highest BCUT2D eigenvalue weighted by atomic mass is 16.5. The molecule has 0 aromatic carbocycles. The Morgan fingerprint density at radius 3 is 2.53 bits per heavy atom. The third-order valence-corrected chi connectivity index (χ3v) is 2.61. The average Bonchev–Trinajstić information content (AvgIpc) is 2.44. The van der Waals surface area contributed by atoms with E-state index in [9.17, 15) is 0 Å². The van der Waals surface area contributed by atoms with Crippen molar-refractivity contribution in [3.8, 4) is 5.75 Å². The Bertz CT molecular complexity index is 320. The van der Waals surface area contributed by atoms with Crippen molar-refractivity contribution in [2.75, 3.05) is 13.6 Å². The molecule has 0 saturated carbocycles. The molecule has 0 bridgehead atoms. The van der Waals surface area contributed by atoms with E-state index in [0.29, 0.717) is 0 Å². The first-order chi connectivity index (χ1) is 7.10. The predicted molar refractivity (Wildman–Crippen MR) is 61.3 cm³/mol. The van der Waals surface area contributed by atoms with Crippen LogP contribution in [0, 0.1) is 13.8 Å². The van der Waals surface area contributed by atoms with E-state index in [2.05, 4.69) is 17.3 Å². The maximum Gasteiger partial charge on any atom is 0.163 e. The Balaban J connectivity index is 2.78. The lowest BCUT2D eigenvalue weighted by molar-refractivity contribution is 0.193. The number of aromatic nitrogens is 2. The summed E-state index contributed by atoms with van der Waals surface area (Å²) in [6.45, 7) is 7.00. The van der Waals surface area contributed by atoms with Crippen LogP contribution < -0.4 is 10.1 Å². The monoisotopic (exact) mass is 211 g/mol. The van der Waals surface area contributed by atoms with Crippen LogP contribution in [0.4, 0.5) is 0 Å². The molecule has 15 heavy (non-hydrogen) atoms. The van der Waals surface area contributed by atoms with E-state index < -0.39 is 0 Å². The molecule has 86 valence electrons. The van der Waals surface area contributed by atoms with Gasteiger partial charge >= 0.3 is 0 Å².